The molecule has 246 valence electrons. The summed E-state index contributed by atoms with van der Waals surface area (Å²) >= 11 is 7.89. The van der Waals surface area contributed by atoms with Crippen molar-refractivity contribution in [3.8, 4) is 29.0 Å². The van der Waals surface area contributed by atoms with Crippen LogP contribution >= 0.6 is 22.9 Å². The lowest BCUT2D eigenvalue weighted by atomic mass is 9.96. The number of halogens is 4. The van der Waals surface area contributed by atoms with Crippen molar-refractivity contribution in [2.75, 3.05) is 49.7 Å². The van der Waals surface area contributed by atoms with Gasteiger partial charge in [0.2, 0.25) is 0 Å². The molecule has 1 fully saturated rings. The van der Waals surface area contributed by atoms with Gasteiger partial charge in [0.25, 0.3) is 0 Å². The number of hydrogen-bond donors (Lipinski definition) is 2. The number of likely N-dealkylation sites (tertiary alicyclic amines) is 1. The molecule has 15 heteroatoms. The predicted octanol–water partition coefficient (Wildman–Crippen LogP) is 6.77. The Bertz CT molecular complexity index is 2190. The number of aromatic nitrogens is 3. The third kappa shape index (κ3) is 5.09. The molecule has 48 heavy (non-hydrogen) atoms. The normalized spacial score (nSPS) is 17.9. The van der Waals surface area contributed by atoms with E-state index in [0.29, 0.717) is 42.8 Å². The van der Waals surface area contributed by atoms with Gasteiger partial charge in [0, 0.05) is 35.3 Å². The number of nitrogens with zero attached hydrogens (tertiary/aromatic N) is 6. The molecule has 2 aliphatic heterocycles. The number of nitriles is 1. The molecule has 4 N–H and O–H groups in total. The van der Waals surface area contributed by atoms with E-state index in [0.717, 1.165) is 11.3 Å². The molecule has 10 nitrogen and oxygen atoms in total. The van der Waals surface area contributed by atoms with Gasteiger partial charge in [-0.2, -0.15) is 15.2 Å². The van der Waals surface area contributed by atoms with Gasteiger partial charge in [0.1, 0.15) is 47.3 Å². The molecule has 0 radical (unpaired) electrons. The smallest absolute Gasteiger partial charge is 0.319 e. The van der Waals surface area contributed by atoms with Crippen LogP contribution in [0.4, 0.5) is 29.8 Å². The minimum atomic E-state index is -0.853. The molecule has 0 bridgehead atoms. The average Bonchev–Trinajstić information content (AvgIpc) is 3.55. The van der Waals surface area contributed by atoms with E-state index in [-0.39, 0.29) is 84.5 Å². The van der Waals surface area contributed by atoms with Crippen LogP contribution in [-0.2, 0) is 0 Å². The Kier molecular flexibility index (Phi) is 8.14. The zero-order chi connectivity index (χ0) is 33.9. The van der Waals surface area contributed by atoms with Crippen molar-refractivity contribution in [3.05, 3.63) is 70.1 Å². The van der Waals surface area contributed by atoms with Gasteiger partial charge >= 0.3 is 6.01 Å². The summed E-state index contributed by atoms with van der Waals surface area (Å²) in [7, 11) is 1.86. The summed E-state index contributed by atoms with van der Waals surface area (Å²) in [5.41, 5.74) is 13.5. The van der Waals surface area contributed by atoms with Crippen molar-refractivity contribution in [3.63, 3.8) is 0 Å². The topological polar surface area (TPSA) is 139 Å². The quantitative estimate of drug-likeness (QED) is 0.196. The fraction of sp³-hybridized carbons (Fsp3) is 0.273. The van der Waals surface area contributed by atoms with Crippen LogP contribution in [0.3, 0.4) is 0 Å². The molecule has 0 amide bonds. The number of nitrogens with two attached hydrogens (primary N) is 2. The van der Waals surface area contributed by atoms with Gasteiger partial charge in [-0.25, -0.2) is 18.2 Å². The number of thiophene rings is 1. The number of benzene rings is 2. The molecule has 1 saturated heterocycles. The van der Waals surface area contributed by atoms with E-state index >= 15 is 4.39 Å². The predicted molar refractivity (Wildman–Crippen MR) is 180 cm³/mol. The van der Waals surface area contributed by atoms with Crippen molar-refractivity contribution >= 4 is 60.6 Å². The summed E-state index contributed by atoms with van der Waals surface area (Å²) in [5.74, 6) is -0.738. The molecule has 7 rings (SSSR count). The van der Waals surface area contributed by atoms with E-state index in [1.54, 1.807) is 12.3 Å². The first-order valence-corrected chi connectivity index (χ1v) is 16.2. The minimum Gasteiger partial charge on any atom is -0.489 e. The van der Waals surface area contributed by atoms with Crippen molar-refractivity contribution in [1.82, 2.24) is 19.9 Å². The van der Waals surface area contributed by atoms with Crippen molar-refractivity contribution < 1.29 is 22.6 Å². The summed E-state index contributed by atoms with van der Waals surface area (Å²) in [6.45, 7) is 2.88. The second kappa shape index (κ2) is 12.3. The molecule has 1 unspecified atom stereocenters. The molecule has 2 aliphatic rings. The molecule has 0 spiro atoms. The van der Waals surface area contributed by atoms with E-state index < -0.39 is 17.7 Å². The van der Waals surface area contributed by atoms with Crippen LogP contribution in [0.15, 0.2) is 42.4 Å². The lowest BCUT2D eigenvalue weighted by Crippen LogP contribution is -2.32. The van der Waals surface area contributed by atoms with Crippen molar-refractivity contribution in [1.29, 1.82) is 5.26 Å². The van der Waals surface area contributed by atoms with E-state index in [4.69, 9.17) is 37.5 Å². The highest BCUT2D eigenvalue weighted by atomic mass is 35.5. The van der Waals surface area contributed by atoms with Crippen LogP contribution in [0, 0.1) is 23.0 Å². The van der Waals surface area contributed by atoms with Crippen LogP contribution in [0.5, 0.6) is 11.8 Å². The van der Waals surface area contributed by atoms with Crippen molar-refractivity contribution in [2.45, 2.75) is 25.4 Å². The number of pyridine rings is 1. The number of likely N-dealkylation sites (N-methyl/N-ethyl adjacent to an activating group) is 1. The van der Waals surface area contributed by atoms with Crippen LogP contribution in [-0.4, -0.2) is 59.2 Å². The number of rotatable bonds is 6. The average molecular weight is 693 g/mol. The molecule has 2 atom stereocenters. The summed E-state index contributed by atoms with van der Waals surface area (Å²) in [5, 5.41) is 10.2. The Labute approximate surface area is 282 Å². The maximum atomic E-state index is 17.1. The van der Waals surface area contributed by atoms with Gasteiger partial charge in [0.05, 0.1) is 39.6 Å². The Morgan fingerprint density at radius 3 is 2.79 bits per heavy atom. The molecule has 3 aromatic heterocycles. The highest BCUT2D eigenvalue weighted by Gasteiger charge is 2.34. The first kappa shape index (κ1) is 31.7. The SMILES string of the molecule is C[C@H](c1cccnc1N)N1CCOc2c(Cl)c(-c3ccc(F)c4sc(N)c(C#N)c34)c(F)c3nc(OCC4C/C(=C/F)CN4C)nc1c23. The molecule has 5 aromatic rings. The van der Waals surface area contributed by atoms with Gasteiger partial charge in [-0.05, 0) is 43.7 Å². The minimum absolute atomic E-state index is 0.00990. The zero-order valence-electron chi connectivity index (χ0n) is 25.7. The second-order valence-electron chi connectivity index (χ2n) is 11.7. The van der Waals surface area contributed by atoms with Gasteiger partial charge in [-0.1, -0.05) is 23.7 Å². The van der Waals surface area contributed by atoms with E-state index in [1.165, 1.54) is 12.1 Å². The molecular formula is C33H28ClF3N8O2S. The fourth-order valence-corrected chi connectivity index (χ4v) is 7.76. The first-order valence-electron chi connectivity index (χ1n) is 15.0. The monoisotopic (exact) mass is 692 g/mol. The zero-order valence-corrected chi connectivity index (χ0v) is 27.3. The standard InChI is InChI=1S/C33H28ClF3N8O2S/c1-15(18-4-3-7-41-30(18)39)45-8-9-46-28-24-27(42-33(43-32(24)45)47-14-17-10-16(11-35)13-44(17)2)26(37)23(25(28)34)19-5-6-21(36)29-22(19)20(12-38)31(40)48-29/h3-7,11,15,17H,8-10,13-14,40H2,1-2H3,(H2,39,41)/b16-11-/t15-,17?/m1/s1. The molecule has 0 aliphatic carbocycles. The van der Waals surface area contributed by atoms with Crippen LogP contribution in [0.2, 0.25) is 5.02 Å². The number of fused-ring (bicyclic) bond motifs is 1. The Hall–Kier alpha value is -4.84. The van der Waals surface area contributed by atoms with Crippen LogP contribution in [0.25, 0.3) is 32.1 Å². The van der Waals surface area contributed by atoms with Gasteiger partial charge < -0.3 is 25.8 Å². The molecule has 0 saturated carbocycles. The maximum absolute atomic E-state index is 17.1. The summed E-state index contributed by atoms with van der Waals surface area (Å²) in [4.78, 5) is 17.4. The fourth-order valence-electron chi connectivity index (χ4n) is 6.48. The van der Waals surface area contributed by atoms with E-state index in [1.807, 2.05) is 35.9 Å². The lowest BCUT2D eigenvalue weighted by Gasteiger charge is -2.30. The first-order chi connectivity index (χ1) is 23.1. The Morgan fingerprint density at radius 1 is 1.25 bits per heavy atom. The second-order valence-corrected chi connectivity index (χ2v) is 13.1. The largest absolute Gasteiger partial charge is 0.489 e. The number of nitrogen functional groups attached to an aromatic ring is 2. The van der Waals surface area contributed by atoms with Gasteiger partial charge in [-0.3, -0.25) is 4.90 Å². The number of anilines is 3. The molecule has 5 heterocycles. The lowest BCUT2D eigenvalue weighted by molar-refractivity contribution is 0.188. The van der Waals surface area contributed by atoms with Crippen LogP contribution < -0.4 is 25.8 Å². The summed E-state index contributed by atoms with van der Waals surface area (Å²) in [6, 6.07) is 7.47. The molecule has 2 aromatic carbocycles. The Balaban J connectivity index is 1.46. The number of ether oxygens (including phenoxy) is 2. The summed E-state index contributed by atoms with van der Waals surface area (Å²) in [6.07, 6.45) is 2.65. The highest BCUT2D eigenvalue weighted by molar-refractivity contribution is 7.23. The third-order valence-corrected chi connectivity index (χ3v) is 10.3. The van der Waals surface area contributed by atoms with Gasteiger partial charge in [0.15, 0.2) is 11.6 Å². The highest BCUT2D eigenvalue weighted by Crippen LogP contribution is 2.51. The summed E-state index contributed by atoms with van der Waals surface area (Å²) < 4.78 is 57.8. The Morgan fingerprint density at radius 2 is 2.06 bits per heavy atom. The number of hydrogen-bond acceptors (Lipinski definition) is 11. The van der Waals surface area contributed by atoms with Gasteiger partial charge in [-0.15, -0.1) is 11.3 Å². The van der Waals surface area contributed by atoms with Crippen molar-refractivity contribution in [2.24, 2.45) is 0 Å². The van der Waals surface area contributed by atoms with E-state index in [9.17, 15) is 14.0 Å². The maximum Gasteiger partial charge on any atom is 0.319 e. The molecular weight excluding hydrogens is 665 g/mol. The van der Waals surface area contributed by atoms with E-state index in [2.05, 4.69) is 9.97 Å². The van der Waals surface area contributed by atoms with Crippen LogP contribution in [0.1, 0.15) is 30.5 Å². The third-order valence-electron chi connectivity index (χ3n) is 8.91.